The maximum absolute atomic E-state index is 7.00. The molecule has 0 unspecified atom stereocenters. The standard InChI is InChI=1S/CH4O.5BrH.V/c1-2;;;;;;/h2H,1H3;5*1H;/p-5. The third kappa shape index (κ3) is 65.1. The van der Waals surface area contributed by atoms with Crippen molar-refractivity contribution in [2.75, 3.05) is 7.11 Å². The van der Waals surface area contributed by atoms with Gasteiger partial charge in [0.25, 0.3) is 0 Å². The second-order valence-electron chi connectivity index (χ2n) is 0. The van der Waals surface area contributed by atoms with Crippen LogP contribution in [-0.4, -0.2) is 12.2 Å². The van der Waals surface area contributed by atoms with Crippen molar-refractivity contribution in [3.05, 3.63) is 0 Å². The Morgan fingerprint density at radius 2 is 0.625 bits per heavy atom. The summed E-state index contributed by atoms with van der Waals surface area (Å²) >= 11 is 0. The van der Waals surface area contributed by atoms with Crippen LogP contribution in [0.4, 0.5) is 0 Å². The molecule has 0 aromatic carbocycles. The molecular formula is CH4Br5OV-5. The van der Waals surface area contributed by atoms with E-state index in [9.17, 15) is 0 Å². The molecule has 59 valence electrons. The number of aliphatic hydroxyl groups is 1. The molecule has 0 saturated heterocycles. The van der Waals surface area contributed by atoms with Crippen LogP contribution in [0.1, 0.15) is 0 Å². The first-order valence-electron chi connectivity index (χ1n) is 0.447. The molecule has 1 N–H and O–H groups in total. The van der Waals surface area contributed by atoms with E-state index in [0.717, 1.165) is 7.11 Å². The van der Waals surface area contributed by atoms with E-state index in [4.69, 9.17) is 5.11 Å². The summed E-state index contributed by atoms with van der Waals surface area (Å²) in [6, 6.07) is 0. The van der Waals surface area contributed by atoms with Crippen molar-refractivity contribution >= 4 is 0 Å². The van der Waals surface area contributed by atoms with E-state index in [1.807, 2.05) is 0 Å². The Morgan fingerprint density at radius 3 is 0.625 bits per heavy atom. The van der Waals surface area contributed by atoms with Crippen molar-refractivity contribution in [3.8, 4) is 0 Å². The molecule has 1 nitrogen and oxygen atoms in total. The molecule has 0 spiro atoms. The minimum absolute atomic E-state index is 0. The van der Waals surface area contributed by atoms with Gasteiger partial charge in [0.15, 0.2) is 0 Å². The van der Waals surface area contributed by atoms with Gasteiger partial charge in [-0.15, -0.1) is 0 Å². The zero-order valence-corrected chi connectivity index (χ0v) is 13.1. The first-order chi connectivity index (χ1) is 1.00. The second kappa shape index (κ2) is 91.8. The molecule has 0 bridgehead atoms. The fourth-order valence-electron chi connectivity index (χ4n) is 0. The van der Waals surface area contributed by atoms with Gasteiger partial charge < -0.3 is 90.0 Å². The topological polar surface area (TPSA) is 20.2 Å². The summed E-state index contributed by atoms with van der Waals surface area (Å²) in [6.07, 6.45) is 0. The maximum Gasteiger partial charge on any atom is 0.0319 e. The van der Waals surface area contributed by atoms with E-state index in [1.54, 1.807) is 0 Å². The SMILES string of the molecule is CO.[Br-].[Br-].[Br-].[Br-].[Br-].[V]. The Hall–Kier alpha value is 2.94. The Kier molecular flexibility index (Phi) is 798. The summed E-state index contributed by atoms with van der Waals surface area (Å²) in [5, 5.41) is 7.00. The average Bonchev–Trinajstić information content (AvgIpc) is 1.00. The average molecular weight is 483 g/mol. The van der Waals surface area contributed by atoms with E-state index in [-0.39, 0.29) is 103 Å². The molecule has 0 aliphatic rings. The molecule has 0 rings (SSSR count). The van der Waals surface area contributed by atoms with Gasteiger partial charge >= 0.3 is 0 Å². The maximum atomic E-state index is 7.00. The van der Waals surface area contributed by atoms with Crippen molar-refractivity contribution < 1.29 is 109 Å². The minimum atomic E-state index is 0. The molecule has 0 saturated carbocycles. The van der Waals surface area contributed by atoms with E-state index in [2.05, 4.69) is 0 Å². The van der Waals surface area contributed by atoms with Crippen molar-refractivity contribution in [2.45, 2.75) is 0 Å². The molecule has 1 radical (unpaired) electrons. The van der Waals surface area contributed by atoms with Gasteiger partial charge in [-0.3, -0.25) is 0 Å². The fraction of sp³-hybridized carbons (Fsp3) is 1.00. The van der Waals surface area contributed by atoms with E-state index in [1.165, 1.54) is 0 Å². The van der Waals surface area contributed by atoms with Crippen molar-refractivity contribution in [1.82, 2.24) is 0 Å². The van der Waals surface area contributed by atoms with Crippen LogP contribution < -0.4 is 84.9 Å². The van der Waals surface area contributed by atoms with Crippen LogP contribution in [0.25, 0.3) is 0 Å². The Morgan fingerprint density at radius 1 is 0.625 bits per heavy atom. The molecule has 0 aliphatic carbocycles. The smallest absolute Gasteiger partial charge is 0.0319 e. The van der Waals surface area contributed by atoms with Gasteiger partial charge in [0.05, 0.1) is 0 Å². The molecule has 0 aromatic heterocycles. The van der Waals surface area contributed by atoms with Gasteiger partial charge in [-0.05, 0) is 0 Å². The number of hydrogen-bond acceptors (Lipinski definition) is 1. The van der Waals surface area contributed by atoms with Gasteiger partial charge in [0.1, 0.15) is 0 Å². The fourth-order valence-corrected chi connectivity index (χ4v) is 0. The third-order valence-corrected chi connectivity index (χ3v) is 0. The Labute approximate surface area is 114 Å². The predicted molar refractivity (Wildman–Crippen MR) is 8.14 cm³/mol. The summed E-state index contributed by atoms with van der Waals surface area (Å²) in [5.41, 5.74) is 0. The van der Waals surface area contributed by atoms with E-state index in [0.29, 0.717) is 0 Å². The minimum Gasteiger partial charge on any atom is -1.00 e. The molecule has 0 aromatic rings. The first-order valence-corrected chi connectivity index (χ1v) is 0.447. The molecule has 0 amide bonds. The van der Waals surface area contributed by atoms with Crippen LogP contribution in [-0.2, 0) is 18.6 Å². The summed E-state index contributed by atoms with van der Waals surface area (Å²) in [7, 11) is 1.00. The van der Waals surface area contributed by atoms with Crippen molar-refractivity contribution in [1.29, 1.82) is 0 Å². The van der Waals surface area contributed by atoms with Gasteiger partial charge in [0.2, 0.25) is 0 Å². The largest absolute Gasteiger partial charge is 1.00 e. The third-order valence-electron chi connectivity index (χ3n) is 0. The summed E-state index contributed by atoms with van der Waals surface area (Å²) in [4.78, 5) is 0. The van der Waals surface area contributed by atoms with Crippen molar-refractivity contribution in [3.63, 3.8) is 0 Å². The van der Waals surface area contributed by atoms with Crippen LogP contribution >= 0.6 is 0 Å². The first kappa shape index (κ1) is 69.6. The van der Waals surface area contributed by atoms with Gasteiger partial charge in [-0.2, -0.15) is 0 Å². The van der Waals surface area contributed by atoms with Crippen LogP contribution in [0.2, 0.25) is 0 Å². The number of aliphatic hydroxyl groups excluding tert-OH is 1. The number of hydrogen-bond donors (Lipinski definition) is 1. The normalized spacial score (nSPS) is 0.750. The Bertz CT molecular complexity index is 12.4. The zero-order chi connectivity index (χ0) is 2.00. The summed E-state index contributed by atoms with van der Waals surface area (Å²) < 4.78 is 0. The van der Waals surface area contributed by atoms with Gasteiger partial charge in [0, 0.05) is 25.7 Å². The van der Waals surface area contributed by atoms with E-state index < -0.39 is 0 Å². The Balaban J connectivity index is -0.000000000333. The number of halogens is 5. The van der Waals surface area contributed by atoms with Crippen LogP contribution in [0.15, 0.2) is 0 Å². The van der Waals surface area contributed by atoms with Crippen LogP contribution in [0, 0.1) is 0 Å². The second-order valence-corrected chi connectivity index (χ2v) is 0. The summed E-state index contributed by atoms with van der Waals surface area (Å²) in [5.74, 6) is 0. The molecule has 8 heavy (non-hydrogen) atoms. The zero-order valence-electron chi connectivity index (χ0n) is 3.78. The van der Waals surface area contributed by atoms with Crippen LogP contribution in [0.5, 0.6) is 0 Å². The quantitative estimate of drug-likeness (QED) is 0.364. The molecule has 0 atom stereocenters. The van der Waals surface area contributed by atoms with Gasteiger partial charge in [-0.25, -0.2) is 0 Å². The number of rotatable bonds is 0. The van der Waals surface area contributed by atoms with Crippen molar-refractivity contribution in [2.24, 2.45) is 0 Å². The molecule has 0 fully saturated rings. The molecular weight excluding hydrogens is 478 g/mol. The predicted octanol–water partition coefficient (Wildman–Crippen LogP) is -15.4. The molecule has 7 heteroatoms. The summed E-state index contributed by atoms with van der Waals surface area (Å²) in [6.45, 7) is 0. The van der Waals surface area contributed by atoms with E-state index >= 15 is 0 Å². The molecule has 0 heterocycles. The molecule has 0 aliphatic heterocycles. The van der Waals surface area contributed by atoms with Gasteiger partial charge in [-0.1, -0.05) is 0 Å². The van der Waals surface area contributed by atoms with Crippen LogP contribution in [0.3, 0.4) is 0 Å². The monoisotopic (exact) mass is 478 g/mol.